The maximum Gasteiger partial charge on any atom is 0.439 e. The topological polar surface area (TPSA) is 150 Å². The number of aromatic amines is 1. The average molecular weight is 613 g/mol. The highest BCUT2D eigenvalue weighted by molar-refractivity contribution is 5.80. The van der Waals surface area contributed by atoms with Crippen molar-refractivity contribution < 1.29 is 19.1 Å². The fourth-order valence-electron chi connectivity index (χ4n) is 6.71. The van der Waals surface area contributed by atoms with Crippen LogP contribution < -0.4 is 11.3 Å². The Morgan fingerprint density at radius 2 is 1.80 bits per heavy atom. The number of H-pyrrole nitrogens is 1. The van der Waals surface area contributed by atoms with E-state index in [0.29, 0.717) is 37.7 Å². The van der Waals surface area contributed by atoms with Gasteiger partial charge >= 0.3 is 5.76 Å². The van der Waals surface area contributed by atoms with Crippen molar-refractivity contribution in [3.05, 3.63) is 92.6 Å². The quantitative estimate of drug-likeness (QED) is 0.254. The number of benzene rings is 2. The van der Waals surface area contributed by atoms with E-state index in [-0.39, 0.29) is 23.8 Å². The molecule has 1 aliphatic heterocycles. The van der Waals surface area contributed by atoms with E-state index in [9.17, 15) is 14.7 Å². The summed E-state index contributed by atoms with van der Waals surface area (Å²) in [6.45, 7) is 2.83. The molecule has 1 saturated heterocycles. The summed E-state index contributed by atoms with van der Waals surface area (Å²) < 4.78 is 19.9. The van der Waals surface area contributed by atoms with Gasteiger partial charge in [0, 0.05) is 23.6 Å². The lowest BCUT2D eigenvalue weighted by Gasteiger charge is -2.32. The number of rotatable bonds is 9. The number of nitrogens with one attached hydrogen (secondary N) is 1. The van der Waals surface area contributed by atoms with Crippen LogP contribution in [-0.2, 0) is 22.3 Å². The van der Waals surface area contributed by atoms with Crippen LogP contribution in [0.4, 0.5) is 0 Å². The van der Waals surface area contributed by atoms with E-state index in [1.165, 1.54) is 6.33 Å². The van der Waals surface area contributed by atoms with Crippen molar-refractivity contribution in [2.75, 3.05) is 13.2 Å². The molecule has 12 heteroatoms. The molecular weight excluding hydrogens is 576 g/mol. The van der Waals surface area contributed by atoms with Gasteiger partial charge in [-0.15, -0.1) is 0 Å². The fraction of sp³-hybridized carbons (Fsp3) is 0.424. The number of aliphatic hydroxyl groups excluding tert-OH is 1. The molecule has 7 rings (SSSR count). The van der Waals surface area contributed by atoms with Crippen molar-refractivity contribution in [2.45, 2.75) is 76.2 Å². The second-order valence-corrected chi connectivity index (χ2v) is 11.9. The van der Waals surface area contributed by atoms with Crippen LogP contribution in [-0.4, -0.2) is 65.9 Å². The van der Waals surface area contributed by atoms with Crippen LogP contribution in [0.5, 0.6) is 0 Å². The summed E-state index contributed by atoms with van der Waals surface area (Å²) in [6.07, 6.45) is 5.83. The van der Waals surface area contributed by atoms with Gasteiger partial charge in [0.05, 0.1) is 25.0 Å². The van der Waals surface area contributed by atoms with Crippen molar-refractivity contribution in [1.82, 2.24) is 29.3 Å². The Balaban J connectivity index is 1.17. The molecule has 2 atom stereocenters. The third-order valence-corrected chi connectivity index (χ3v) is 8.96. The minimum Gasteiger partial charge on any atom is -0.388 e. The zero-order valence-electron chi connectivity index (χ0n) is 25.1. The van der Waals surface area contributed by atoms with E-state index < -0.39 is 11.9 Å². The third kappa shape index (κ3) is 5.76. The Labute approximate surface area is 258 Å². The van der Waals surface area contributed by atoms with Gasteiger partial charge in [-0.3, -0.25) is 18.9 Å². The first kappa shape index (κ1) is 29.3. The van der Waals surface area contributed by atoms with Crippen LogP contribution in [0.15, 0.2) is 69.0 Å². The second-order valence-electron chi connectivity index (χ2n) is 11.9. The van der Waals surface area contributed by atoms with Gasteiger partial charge in [-0.05, 0) is 48.8 Å². The Morgan fingerprint density at radius 3 is 2.49 bits per heavy atom. The van der Waals surface area contributed by atoms with E-state index in [1.54, 1.807) is 0 Å². The summed E-state index contributed by atoms with van der Waals surface area (Å²) >= 11 is 0. The molecular formula is C33H36N6O6. The molecule has 4 heterocycles. The smallest absolute Gasteiger partial charge is 0.388 e. The highest BCUT2D eigenvalue weighted by atomic mass is 16.6. The van der Waals surface area contributed by atoms with Crippen molar-refractivity contribution in [1.29, 1.82) is 0 Å². The number of hydrogen-bond acceptors (Lipinski definition) is 9. The number of aryl methyl sites for hydroxylation is 1. The minimum absolute atomic E-state index is 0.0210. The second kappa shape index (κ2) is 12.5. The van der Waals surface area contributed by atoms with Crippen molar-refractivity contribution in [3.63, 3.8) is 0 Å². The number of nitrogens with zero attached hydrogens (tertiary/aromatic N) is 5. The van der Waals surface area contributed by atoms with E-state index in [2.05, 4.69) is 27.1 Å². The van der Waals surface area contributed by atoms with Gasteiger partial charge in [0.15, 0.2) is 5.82 Å². The lowest BCUT2D eigenvalue weighted by atomic mass is 9.92. The number of aromatic nitrogens is 6. The van der Waals surface area contributed by atoms with Crippen LogP contribution in [0.2, 0.25) is 0 Å². The summed E-state index contributed by atoms with van der Waals surface area (Å²) in [4.78, 5) is 33.1. The summed E-state index contributed by atoms with van der Waals surface area (Å²) in [5.74, 6) is 0.346. The maximum atomic E-state index is 14.3. The average Bonchev–Trinajstić information content (AvgIpc) is 3.82. The first-order valence-electron chi connectivity index (χ1n) is 15.6. The van der Waals surface area contributed by atoms with Crippen LogP contribution in [0.25, 0.3) is 28.3 Å². The molecule has 0 spiro atoms. The Morgan fingerprint density at radius 1 is 1.02 bits per heavy atom. The predicted octanol–water partition coefficient (Wildman–Crippen LogP) is 3.70. The Bertz CT molecular complexity index is 1900. The van der Waals surface area contributed by atoms with Crippen molar-refractivity contribution in [3.8, 4) is 22.5 Å². The molecule has 2 aromatic carbocycles. The standard InChI is InChI=1S/C33H36N6O6/c1-2-5-27-26(16-20-8-10-21(11-9-20)24-6-3-4-7-25(24)30-36-33(42)45-37-30)31(41)38(32-34-19-35-39(27)32)22-12-14-23(15-13-22)44-29-18-43-17-28(29)40/h3-4,6-11,19,22-23,28-29,40H,2,5,12-18H2,1H3,(H,36,37,42)/t22-,23-,28-,29+/m0/s1. The van der Waals surface area contributed by atoms with Gasteiger partial charge in [0.1, 0.15) is 18.5 Å². The highest BCUT2D eigenvalue weighted by Gasteiger charge is 2.33. The maximum absolute atomic E-state index is 14.3. The van der Waals surface area contributed by atoms with Gasteiger partial charge < -0.3 is 14.6 Å². The van der Waals surface area contributed by atoms with E-state index in [0.717, 1.165) is 65.6 Å². The summed E-state index contributed by atoms with van der Waals surface area (Å²) in [5.41, 5.74) is 5.21. The lowest BCUT2D eigenvalue weighted by molar-refractivity contribution is -0.0712. The molecule has 45 heavy (non-hydrogen) atoms. The monoisotopic (exact) mass is 612 g/mol. The first-order chi connectivity index (χ1) is 22.0. The molecule has 2 fully saturated rings. The Hall–Kier alpha value is -4.39. The lowest BCUT2D eigenvalue weighted by Crippen LogP contribution is -2.37. The van der Waals surface area contributed by atoms with E-state index >= 15 is 0 Å². The number of aliphatic hydroxyl groups is 1. The molecule has 0 amide bonds. The number of hydrogen-bond donors (Lipinski definition) is 2. The molecule has 0 bridgehead atoms. The van der Waals surface area contributed by atoms with Gasteiger partial charge in [0.2, 0.25) is 5.78 Å². The van der Waals surface area contributed by atoms with Crippen molar-refractivity contribution >= 4 is 5.78 Å². The van der Waals surface area contributed by atoms with Gasteiger partial charge in [-0.2, -0.15) is 10.1 Å². The molecule has 2 aliphatic rings. The van der Waals surface area contributed by atoms with Crippen LogP contribution in [0, 0.1) is 0 Å². The largest absolute Gasteiger partial charge is 0.439 e. The van der Waals surface area contributed by atoms with Crippen LogP contribution in [0.1, 0.15) is 61.9 Å². The van der Waals surface area contributed by atoms with Crippen LogP contribution in [0.3, 0.4) is 0 Å². The zero-order chi connectivity index (χ0) is 30.9. The zero-order valence-corrected chi connectivity index (χ0v) is 25.1. The molecule has 1 aliphatic carbocycles. The predicted molar refractivity (Wildman–Crippen MR) is 165 cm³/mol. The summed E-state index contributed by atoms with van der Waals surface area (Å²) in [5, 5.41) is 18.5. The fourth-order valence-corrected chi connectivity index (χ4v) is 6.71. The van der Waals surface area contributed by atoms with Gasteiger partial charge in [-0.1, -0.05) is 67.0 Å². The molecule has 0 unspecified atom stereocenters. The van der Waals surface area contributed by atoms with Gasteiger partial charge in [0.25, 0.3) is 5.56 Å². The third-order valence-electron chi connectivity index (χ3n) is 8.96. The molecule has 3 aromatic heterocycles. The Kier molecular flexibility index (Phi) is 8.18. The number of ether oxygens (including phenoxy) is 2. The summed E-state index contributed by atoms with van der Waals surface area (Å²) in [6, 6.07) is 15.8. The summed E-state index contributed by atoms with van der Waals surface area (Å²) in [7, 11) is 0. The van der Waals surface area contributed by atoms with Crippen molar-refractivity contribution in [2.24, 2.45) is 0 Å². The van der Waals surface area contributed by atoms with Gasteiger partial charge in [-0.25, -0.2) is 9.31 Å². The molecule has 234 valence electrons. The molecule has 0 radical (unpaired) electrons. The molecule has 5 aromatic rings. The normalized spacial score (nSPS) is 21.9. The number of fused-ring (bicyclic) bond motifs is 1. The molecule has 1 saturated carbocycles. The molecule has 12 nitrogen and oxygen atoms in total. The van der Waals surface area contributed by atoms with E-state index in [1.807, 2.05) is 57.6 Å². The first-order valence-corrected chi connectivity index (χ1v) is 15.6. The minimum atomic E-state index is -0.603. The SMILES string of the molecule is CCCc1c(Cc2ccc(-c3ccccc3-c3noc(=O)[nH]3)cc2)c(=O)n([C@H]2CC[C@H](O[C@@H]3COC[C@@H]3O)CC2)c2ncnn12. The highest BCUT2D eigenvalue weighted by Crippen LogP contribution is 2.33. The molecule has 2 N–H and O–H groups in total. The van der Waals surface area contributed by atoms with Crippen LogP contribution >= 0.6 is 0 Å². The van der Waals surface area contributed by atoms with E-state index in [4.69, 9.17) is 14.0 Å².